The number of rotatable bonds is 7. The molecule has 1 aromatic rings. The minimum atomic E-state index is 0.102. The minimum Gasteiger partial charge on any atom is -0.326 e. The van der Waals surface area contributed by atoms with E-state index in [1.807, 2.05) is 18.2 Å². The molecule has 0 aliphatic rings. The van der Waals surface area contributed by atoms with Crippen LogP contribution in [0.25, 0.3) is 0 Å². The first-order valence-corrected chi connectivity index (χ1v) is 7.20. The van der Waals surface area contributed by atoms with E-state index < -0.39 is 0 Å². The molecular weight excluding hydrogens is 236 g/mol. The summed E-state index contributed by atoms with van der Waals surface area (Å²) in [6, 6.07) is 8.24. The van der Waals surface area contributed by atoms with Gasteiger partial charge in [0.25, 0.3) is 0 Å². The molecule has 0 spiro atoms. The lowest BCUT2D eigenvalue weighted by molar-refractivity contribution is -0.117. The van der Waals surface area contributed by atoms with Gasteiger partial charge in [0.05, 0.1) is 0 Å². The first-order valence-electron chi connectivity index (χ1n) is 7.20. The first kappa shape index (κ1) is 15.7. The molecule has 2 unspecified atom stereocenters. The van der Waals surface area contributed by atoms with Gasteiger partial charge in [-0.25, -0.2) is 0 Å². The Hall–Kier alpha value is -1.35. The Balaban J connectivity index is 2.75. The van der Waals surface area contributed by atoms with Gasteiger partial charge in [0.1, 0.15) is 0 Å². The van der Waals surface area contributed by atoms with Crippen LogP contribution < -0.4 is 10.6 Å². The summed E-state index contributed by atoms with van der Waals surface area (Å²) >= 11 is 0. The summed E-state index contributed by atoms with van der Waals surface area (Å²) < 4.78 is 0. The fourth-order valence-electron chi connectivity index (χ4n) is 2.07. The van der Waals surface area contributed by atoms with E-state index in [-0.39, 0.29) is 11.9 Å². The highest BCUT2D eigenvalue weighted by atomic mass is 16.1. The summed E-state index contributed by atoms with van der Waals surface area (Å²) in [6.07, 6.45) is 1.61. The Morgan fingerprint density at radius 3 is 2.53 bits per heavy atom. The predicted molar refractivity (Wildman–Crippen MR) is 81.2 cm³/mol. The molecule has 0 aliphatic heterocycles. The lowest BCUT2D eigenvalue weighted by atomic mass is 10.0. The first-order chi connectivity index (χ1) is 9.08. The van der Waals surface area contributed by atoms with Crippen molar-refractivity contribution in [2.75, 3.05) is 11.9 Å². The van der Waals surface area contributed by atoms with Crippen LogP contribution in [0.3, 0.4) is 0 Å². The molecular formula is C16H26N2O. The predicted octanol–water partition coefficient (Wildman–Crippen LogP) is 3.73. The van der Waals surface area contributed by atoms with Crippen LogP contribution in [0.1, 0.15) is 52.1 Å². The van der Waals surface area contributed by atoms with Crippen LogP contribution in [-0.2, 0) is 4.79 Å². The summed E-state index contributed by atoms with van der Waals surface area (Å²) in [4.78, 5) is 12.0. The number of para-hydroxylation sites is 1. The number of anilines is 1. The number of benzene rings is 1. The Morgan fingerprint density at radius 1 is 1.21 bits per heavy atom. The number of carbonyl (C=O) groups is 1. The smallest absolute Gasteiger partial charge is 0.224 e. The molecule has 0 fully saturated rings. The summed E-state index contributed by atoms with van der Waals surface area (Å²) in [5.41, 5.74) is 2.06. The van der Waals surface area contributed by atoms with Crippen LogP contribution in [0.2, 0.25) is 0 Å². The molecule has 3 nitrogen and oxygen atoms in total. The molecule has 19 heavy (non-hydrogen) atoms. The fraction of sp³-hybridized carbons (Fsp3) is 0.562. The molecule has 106 valence electrons. The zero-order valence-electron chi connectivity index (χ0n) is 12.5. The van der Waals surface area contributed by atoms with Crippen molar-refractivity contribution in [1.29, 1.82) is 0 Å². The van der Waals surface area contributed by atoms with Crippen molar-refractivity contribution >= 4 is 11.6 Å². The topological polar surface area (TPSA) is 41.1 Å². The van der Waals surface area contributed by atoms with Gasteiger partial charge in [-0.3, -0.25) is 4.79 Å². The molecule has 0 radical (unpaired) electrons. The molecule has 0 saturated heterocycles. The number of amides is 1. The second-order valence-corrected chi connectivity index (χ2v) is 5.13. The zero-order chi connectivity index (χ0) is 14.3. The molecule has 1 amide bonds. The van der Waals surface area contributed by atoms with Crippen LogP contribution in [0.4, 0.5) is 5.69 Å². The van der Waals surface area contributed by atoms with E-state index in [0.29, 0.717) is 12.3 Å². The maximum absolute atomic E-state index is 12.0. The molecule has 1 rings (SSSR count). The van der Waals surface area contributed by atoms with Gasteiger partial charge in [-0.05, 0) is 31.0 Å². The van der Waals surface area contributed by atoms with E-state index >= 15 is 0 Å². The van der Waals surface area contributed by atoms with Crippen molar-refractivity contribution in [2.45, 2.75) is 46.6 Å². The fourth-order valence-corrected chi connectivity index (χ4v) is 2.07. The Labute approximate surface area is 116 Å². The van der Waals surface area contributed by atoms with E-state index in [9.17, 15) is 4.79 Å². The minimum absolute atomic E-state index is 0.102. The Kier molecular flexibility index (Phi) is 6.57. The van der Waals surface area contributed by atoms with Gasteiger partial charge in [-0.2, -0.15) is 0 Å². The molecule has 2 N–H and O–H groups in total. The van der Waals surface area contributed by atoms with Crippen LogP contribution in [0.15, 0.2) is 24.3 Å². The summed E-state index contributed by atoms with van der Waals surface area (Å²) in [7, 11) is 0. The van der Waals surface area contributed by atoms with Crippen molar-refractivity contribution in [3.63, 3.8) is 0 Å². The van der Waals surface area contributed by atoms with Crippen molar-refractivity contribution < 1.29 is 4.79 Å². The molecule has 1 aromatic carbocycles. The van der Waals surface area contributed by atoms with Crippen LogP contribution in [0.5, 0.6) is 0 Å². The SMILES string of the molecule is CCNC(C)c1ccccc1NC(=O)CC(C)CC. The second-order valence-electron chi connectivity index (χ2n) is 5.13. The van der Waals surface area contributed by atoms with E-state index in [1.165, 1.54) is 0 Å². The normalized spacial score (nSPS) is 13.9. The van der Waals surface area contributed by atoms with E-state index in [0.717, 1.165) is 24.2 Å². The Bertz CT molecular complexity index is 403. The van der Waals surface area contributed by atoms with E-state index in [4.69, 9.17) is 0 Å². The van der Waals surface area contributed by atoms with Crippen molar-refractivity contribution in [2.24, 2.45) is 5.92 Å². The van der Waals surface area contributed by atoms with Crippen LogP contribution in [-0.4, -0.2) is 12.5 Å². The second kappa shape index (κ2) is 7.95. The lowest BCUT2D eigenvalue weighted by Crippen LogP contribution is -2.21. The summed E-state index contributed by atoms with van der Waals surface area (Å²) in [5.74, 6) is 0.531. The standard InChI is InChI=1S/C16H26N2O/c1-5-12(3)11-16(19)18-15-10-8-7-9-14(15)13(4)17-6-2/h7-10,12-13,17H,5-6,11H2,1-4H3,(H,18,19). The molecule has 2 atom stereocenters. The number of hydrogen-bond donors (Lipinski definition) is 2. The Morgan fingerprint density at radius 2 is 1.89 bits per heavy atom. The summed E-state index contributed by atoms with van der Waals surface area (Å²) in [5, 5.41) is 6.41. The third kappa shape index (κ3) is 5.03. The third-order valence-corrected chi connectivity index (χ3v) is 3.44. The molecule has 0 bridgehead atoms. The van der Waals surface area contributed by atoms with Gasteiger partial charge >= 0.3 is 0 Å². The van der Waals surface area contributed by atoms with Gasteiger partial charge in [0.2, 0.25) is 5.91 Å². The van der Waals surface area contributed by atoms with E-state index in [2.05, 4.69) is 44.4 Å². The van der Waals surface area contributed by atoms with Crippen molar-refractivity contribution in [3.8, 4) is 0 Å². The average Bonchev–Trinajstić information content (AvgIpc) is 2.39. The molecule has 0 saturated carbocycles. The molecule has 0 heterocycles. The largest absolute Gasteiger partial charge is 0.326 e. The van der Waals surface area contributed by atoms with E-state index in [1.54, 1.807) is 0 Å². The summed E-state index contributed by atoms with van der Waals surface area (Å²) in [6.45, 7) is 9.33. The zero-order valence-corrected chi connectivity index (χ0v) is 12.5. The molecule has 3 heteroatoms. The third-order valence-electron chi connectivity index (χ3n) is 3.44. The van der Waals surface area contributed by atoms with Crippen molar-refractivity contribution in [1.82, 2.24) is 5.32 Å². The highest BCUT2D eigenvalue weighted by molar-refractivity contribution is 5.91. The number of hydrogen-bond acceptors (Lipinski definition) is 2. The average molecular weight is 262 g/mol. The van der Waals surface area contributed by atoms with Crippen LogP contribution >= 0.6 is 0 Å². The van der Waals surface area contributed by atoms with Gasteiger partial charge in [-0.1, -0.05) is 45.4 Å². The highest BCUT2D eigenvalue weighted by Gasteiger charge is 2.12. The van der Waals surface area contributed by atoms with Crippen LogP contribution in [0, 0.1) is 5.92 Å². The van der Waals surface area contributed by atoms with Gasteiger partial charge in [0, 0.05) is 18.2 Å². The molecule has 0 aliphatic carbocycles. The van der Waals surface area contributed by atoms with Gasteiger partial charge in [0.15, 0.2) is 0 Å². The number of nitrogens with one attached hydrogen (secondary N) is 2. The monoisotopic (exact) mass is 262 g/mol. The van der Waals surface area contributed by atoms with Gasteiger partial charge < -0.3 is 10.6 Å². The lowest BCUT2D eigenvalue weighted by Gasteiger charge is -2.18. The molecule has 0 aromatic heterocycles. The maximum Gasteiger partial charge on any atom is 0.224 e. The van der Waals surface area contributed by atoms with Crippen molar-refractivity contribution in [3.05, 3.63) is 29.8 Å². The maximum atomic E-state index is 12.0. The van der Waals surface area contributed by atoms with Gasteiger partial charge in [-0.15, -0.1) is 0 Å². The number of carbonyl (C=O) groups excluding carboxylic acids is 1. The quantitative estimate of drug-likeness (QED) is 0.786. The highest BCUT2D eigenvalue weighted by Crippen LogP contribution is 2.23.